The first-order chi connectivity index (χ1) is 9.70. The molecule has 1 fully saturated rings. The summed E-state index contributed by atoms with van der Waals surface area (Å²) < 4.78 is 10.0. The second kappa shape index (κ2) is 7.21. The van der Waals surface area contributed by atoms with Crippen LogP contribution >= 0.6 is 11.3 Å². The number of hydrogen-bond donors (Lipinski definition) is 1. The monoisotopic (exact) mass is 295 g/mol. The van der Waals surface area contributed by atoms with E-state index in [0.717, 1.165) is 24.3 Å². The van der Waals surface area contributed by atoms with Crippen LogP contribution in [0.2, 0.25) is 0 Å². The summed E-state index contributed by atoms with van der Waals surface area (Å²) in [6, 6.07) is 3.75. The van der Waals surface area contributed by atoms with Crippen molar-refractivity contribution in [2.45, 2.75) is 18.9 Å². The predicted molar refractivity (Wildman–Crippen MR) is 75.7 cm³/mol. The highest BCUT2D eigenvalue weighted by atomic mass is 32.1. The molecular weight excluding hydrogens is 278 g/mol. The van der Waals surface area contributed by atoms with Crippen LogP contribution in [0.3, 0.4) is 0 Å². The molecule has 20 heavy (non-hydrogen) atoms. The molecule has 5 nitrogen and oxygen atoms in total. The van der Waals surface area contributed by atoms with Gasteiger partial charge in [-0.1, -0.05) is 6.08 Å². The number of rotatable bonds is 5. The molecule has 0 aliphatic carbocycles. The Morgan fingerprint density at radius 1 is 1.55 bits per heavy atom. The summed E-state index contributed by atoms with van der Waals surface area (Å²) in [6.07, 6.45) is 5.07. The first-order valence-corrected chi connectivity index (χ1v) is 7.26. The van der Waals surface area contributed by atoms with Crippen molar-refractivity contribution in [1.29, 1.82) is 0 Å². The number of esters is 1. The van der Waals surface area contributed by atoms with Crippen molar-refractivity contribution in [2.75, 3.05) is 20.3 Å². The Balaban J connectivity index is 1.83. The van der Waals surface area contributed by atoms with Crippen molar-refractivity contribution in [1.82, 2.24) is 5.32 Å². The zero-order valence-electron chi connectivity index (χ0n) is 11.3. The molecule has 6 heteroatoms. The molecule has 0 bridgehead atoms. The molecule has 2 rings (SSSR count). The quantitative estimate of drug-likeness (QED) is 0.667. The molecule has 0 aromatic carbocycles. The van der Waals surface area contributed by atoms with Gasteiger partial charge in [-0.15, -0.1) is 11.3 Å². The maximum Gasteiger partial charge on any atom is 0.330 e. The third-order valence-electron chi connectivity index (χ3n) is 2.93. The van der Waals surface area contributed by atoms with Gasteiger partial charge in [0.25, 0.3) is 5.91 Å². The van der Waals surface area contributed by atoms with E-state index in [1.807, 2.05) is 6.07 Å². The van der Waals surface area contributed by atoms with Gasteiger partial charge in [0.05, 0.1) is 18.1 Å². The lowest BCUT2D eigenvalue weighted by atomic mass is 10.2. The standard InChI is InChI=1S/C14H17NO4S/c1-18-13(16)5-2-8-15-14(17)12-7-6-11(20-12)10-4-3-9-19-10/h2,5-7,10H,3-4,8-9H2,1H3,(H,15,17). The van der Waals surface area contributed by atoms with Crippen LogP contribution in [-0.4, -0.2) is 32.1 Å². The van der Waals surface area contributed by atoms with Crippen LogP contribution in [-0.2, 0) is 14.3 Å². The largest absolute Gasteiger partial charge is 0.466 e. The van der Waals surface area contributed by atoms with Crippen molar-refractivity contribution in [2.24, 2.45) is 0 Å². The predicted octanol–water partition coefficient (Wildman–Crippen LogP) is 2.06. The van der Waals surface area contributed by atoms with E-state index in [9.17, 15) is 9.59 Å². The Morgan fingerprint density at radius 3 is 3.10 bits per heavy atom. The van der Waals surface area contributed by atoms with Crippen LogP contribution in [0.4, 0.5) is 0 Å². The zero-order chi connectivity index (χ0) is 14.4. The van der Waals surface area contributed by atoms with Gasteiger partial charge in [0.15, 0.2) is 0 Å². The van der Waals surface area contributed by atoms with E-state index in [2.05, 4.69) is 10.1 Å². The summed E-state index contributed by atoms with van der Waals surface area (Å²) in [4.78, 5) is 24.5. The van der Waals surface area contributed by atoms with Crippen LogP contribution in [0.1, 0.15) is 33.5 Å². The fourth-order valence-corrected chi connectivity index (χ4v) is 2.92. The third kappa shape index (κ3) is 3.91. The fraction of sp³-hybridized carbons (Fsp3) is 0.429. The molecule has 1 aromatic rings. The van der Waals surface area contributed by atoms with Crippen LogP contribution in [0.15, 0.2) is 24.3 Å². The Bertz CT molecular complexity index is 503. The van der Waals surface area contributed by atoms with E-state index in [4.69, 9.17) is 4.74 Å². The van der Waals surface area contributed by atoms with Gasteiger partial charge in [-0.25, -0.2) is 4.79 Å². The molecule has 108 valence electrons. The number of nitrogens with one attached hydrogen (secondary N) is 1. The number of carbonyl (C=O) groups excluding carboxylic acids is 2. The minimum Gasteiger partial charge on any atom is -0.466 e. The first kappa shape index (κ1) is 14.7. The molecule has 1 aromatic heterocycles. The Hall–Kier alpha value is -1.66. The van der Waals surface area contributed by atoms with Crippen LogP contribution in [0.25, 0.3) is 0 Å². The number of carbonyl (C=O) groups is 2. The van der Waals surface area contributed by atoms with Crippen LogP contribution in [0, 0.1) is 0 Å². The summed E-state index contributed by atoms with van der Waals surface area (Å²) in [7, 11) is 1.31. The second-order valence-electron chi connectivity index (χ2n) is 4.34. The Labute approximate surface area is 121 Å². The van der Waals surface area contributed by atoms with E-state index in [-0.39, 0.29) is 12.0 Å². The average Bonchev–Trinajstić information content (AvgIpc) is 3.12. The minimum absolute atomic E-state index is 0.140. The number of ether oxygens (including phenoxy) is 2. The van der Waals surface area contributed by atoms with Crippen molar-refractivity contribution in [3.8, 4) is 0 Å². The topological polar surface area (TPSA) is 64.6 Å². The van der Waals surface area contributed by atoms with Gasteiger partial charge >= 0.3 is 5.97 Å². The molecule has 1 amide bonds. The molecule has 0 saturated carbocycles. The second-order valence-corrected chi connectivity index (χ2v) is 5.45. The van der Waals surface area contributed by atoms with Gasteiger partial charge in [-0.05, 0) is 25.0 Å². The summed E-state index contributed by atoms with van der Waals surface area (Å²) in [5, 5.41) is 2.72. The lowest BCUT2D eigenvalue weighted by molar-refractivity contribution is -0.134. The number of amides is 1. The van der Waals surface area contributed by atoms with Gasteiger partial charge in [0.1, 0.15) is 0 Å². The summed E-state index contributed by atoms with van der Waals surface area (Å²) in [6.45, 7) is 1.09. The maximum atomic E-state index is 11.9. The fourth-order valence-electron chi connectivity index (χ4n) is 1.91. The highest BCUT2D eigenvalue weighted by molar-refractivity contribution is 7.14. The Kier molecular flexibility index (Phi) is 5.31. The number of thiophene rings is 1. The number of methoxy groups -OCH3 is 1. The van der Waals surface area contributed by atoms with Crippen molar-refractivity contribution >= 4 is 23.2 Å². The van der Waals surface area contributed by atoms with Crippen LogP contribution < -0.4 is 5.32 Å². The van der Waals surface area contributed by atoms with Gasteiger partial charge in [-0.2, -0.15) is 0 Å². The first-order valence-electron chi connectivity index (χ1n) is 6.44. The molecular formula is C14H17NO4S. The maximum absolute atomic E-state index is 11.9. The third-order valence-corrected chi connectivity index (χ3v) is 4.11. The van der Waals surface area contributed by atoms with Gasteiger partial charge < -0.3 is 14.8 Å². The van der Waals surface area contributed by atoms with Gasteiger partial charge in [-0.3, -0.25) is 4.79 Å². The molecule has 2 heterocycles. The number of hydrogen-bond acceptors (Lipinski definition) is 5. The summed E-state index contributed by atoms with van der Waals surface area (Å²) in [5.74, 6) is -0.579. The highest BCUT2D eigenvalue weighted by Gasteiger charge is 2.20. The van der Waals surface area contributed by atoms with Gasteiger partial charge in [0, 0.05) is 24.1 Å². The molecule has 0 spiro atoms. The molecule has 1 unspecified atom stereocenters. The minimum atomic E-state index is -0.434. The van der Waals surface area contributed by atoms with E-state index in [1.165, 1.54) is 24.5 Å². The highest BCUT2D eigenvalue weighted by Crippen LogP contribution is 2.33. The molecule has 1 N–H and O–H groups in total. The molecule has 1 aliphatic rings. The Morgan fingerprint density at radius 2 is 2.40 bits per heavy atom. The molecule has 0 radical (unpaired) electrons. The van der Waals surface area contributed by atoms with Crippen molar-refractivity contribution < 1.29 is 19.1 Å². The summed E-state index contributed by atoms with van der Waals surface area (Å²) >= 11 is 1.45. The molecule has 1 saturated heterocycles. The zero-order valence-corrected chi connectivity index (χ0v) is 12.1. The van der Waals surface area contributed by atoms with Gasteiger partial charge in [0.2, 0.25) is 0 Å². The average molecular weight is 295 g/mol. The van der Waals surface area contributed by atoms with E-state index < -0.39 is 5.97 Å². The van der Waals surface area contributed by atoms with E-state index in [0.29, 0.717) is 11.4 Å². The smallest absolute Gasteiger partial charge is 0.330 e. The normalized spacial score (nSPS) is 18.4. The lowest BCUT2D eigenvalue weighted by Crippen LogP contribution is -2.22. The van der Waals surface area contributed by atoms with Crippen molar-refractivity contribution in [3.63, 3.8) is 0 Å². The van der Waals surface area contributed by atoms with E-state index in [1.54, 1.807) is 12.1 Å². The van der Waals surface area contributed by atoms with Crippen LogP contribution in [0.5, 0.6) is 0 Å². The van der Waals surface area contributed by atoms with E-state index >= 15 is 0 Å². The molecule has 1 aliphatic heterocycles. The summed E-state index contributed by atoms with van der Waals surface area (Å²) in [5.41, 5.74) is 0. The van der Waals surface area contributed by atoms with Crippen molar-refractivity contribution in [3.05, 3.63) is 34.0 Å². The molecule has 1 atom stereocenters. The SMILES string of the molecule is COC(=O)C=CCNC(=O)c1ccc(C2CCCO2)s1. The lowest BCUT2D eigenvalue weighted by Gasteiger charge is -2.05.